The first-order valence-corrected chi connectivity index (χ1v) is 6.98. The Morgan fingerprint density at radius 2 is 2.24 bits per heavy atom. The van der Waals surface area contributed by atoms with Crippen molar-refractivity contribution in [2.75, 3.05) is 30.8 Å². The normalized spacial score (nSPS) is 18.2. The summed E-state index contributed by atoms with van der Waals surface area (Å²) in [6.07, 6.45) is 4.27. The minimum atomic E-state index is -0.282. The molecule has 1 fully saturated rings. The Morgan fingerprint density at radius 3 is 2.81 bits per heavy atom. The molecular weight excluding hydrogens is 268 g/mol. The monoisotopic (exact) mass is 288 g/mol. The first-order valence-electron chi connectivity index (χ1n) is 6.98. The second kappa shape index (κ2) is 5.29. The third-order valence-corrected chi connectivity index (χ3v) is 3.87. The van der Waals surface area contributed by atoms with Crippen molar-refractivity contribution in [3.05, 3.63) is 24.5 Å². The quantitative estimate of drug-likeness (QED) is 0.831. The largest absolute Gasteiger partial charge is 0.495 e. The van der Waals surface area contributed by atoms with Crippen LogP contribution in [0.4, 0.5) is 11.4 Å². The number of hydrogen-bond donors (Lipinski definition) is 2. The number of aliphatic hydroxyl groups is 1. The first kappa shape index (κ1) is 13.8. The molecule has 1 saturated heterocycles. The average Bonchev–Trinajstić information content (AvgIpc) is 3.07. The number of β-amino-alcohol motifs (C(OH)–C–C–N with tert-alkyl or cyclic N) is 1. The van der Waals surface area contributed by atoms with E-state index >= 15 is 0 Å². The Bertz CT molecular complexity index is 653. The predicted octanol–water partition coefficient (Wildman–Crippen LogP) is 1.25. The molecule has 6 nitrogen and oxygen atoms in total. The Morgan fingerprint density at radius 1 is 1.43 bits per heavy atom. The topological polar surface area (TPSA) is 76.5 Å². The lowest BCUT2D eigenvalue weighted by molar-refractivity contribution is 0.198. The minimum Gasteiger partial charge on any atom is -0.495 e. The molecule has 3 N–H and O–H groups in total. The van der Waals surface area contributed by atoms with Crippen molar-refractivity contribution in [3.63, 3.8) is 0 Å². The molecule has 1 aliphatic rings. The Balaban J connectivity index is 2.10. The highest BCUT2D eigenvalue weighted by Gasteiger charge is 2.24. The second-order valence-corrected chi connectivity index (χ2v) is 5.40. The van der Waals surface area contributed by atoms with E-state index in [1.54, 1.807) is 11.8 Å². The highest BCUT2D eigenvalue weighted by molar-refractivity contribution is 5.83. The zero-order valence-corrected chi connectivity index (χ0v) is 12.3. The summed E-state index contributed by atoms with van der Waals surface area (Å²) < 4.78 is 7.10. The van der Waals surface area contributed by atoms with E-state index in [9.17, 15) is 5.11 Å². The van der Waals surface area contributed by atoms with Crippen LogP contribution in [-0.4, -0.2) is 41.2 Å². The summed E-state index contributed by atoms with van der Waals surface area (Å²) in [5.74, 6) is 0.652. The maximum Gasteiger partial charge on any atom is 0.143 e. The number of rotatable bonds is 3. The van der Waals surface area contributed by atoms with Crippen molar-refractivity contribution in [1.82, 2.24) is 9.78 Å². The highest BCUT2D eigenvalue weighted by atomic mass is 16.5. The van der Waals surface area contributed by atoms with Gasteiger partial charge in [0.15, 0.2) is 0 Å². The van der Waals surface area contributed by atoms with E-state index in [1.807, 2.05) is 31.6 Å². The molecule has 0 radical (unpaired) electrons. The van der Waals surface area contributed by atoms with Crippen LogP contribution in [0.1, 0.15) is 6.42 Å². The van der Waals surface area contributed by atoms with Gasteiger partial charge in [-0.25, -0.2) is 0 Å². The van der Waals surface area contributed by atoms with Gasteiger partial charge in [-0.1, -0.05) is 0 Å². The third kappa shape index (κ3) is 2.54. The van der Waals surface area contributed by atoms with Crippen molar-refractivity contribution >= 4 is 11.4 Å². The molecule has 0 bridgehead atoms. The minimum absolute atomic E-state index is 0.282. The number of ether oxygens (including phenoxy) is 1. The lowest BCUT2D eigenvalue weighted by Gasteiger charge is -2.22. The fourth-order valence-electron chi connectivity index (χ4n) is 2.78. The zero-order valence-electron chi connectivity index (χ0n) is 12.3. The SMILES string of the molecule is COc1cc(N2CCC(O)C2)c(-c2cnn(C)c2)cc1N. The molecule has 112 valence electrons. The number of nitrogens with two attached hydrogens (primary N) is 1. The third-order valence-electron chi connectivity index (χ3n) is 3.87. The van der Waals surface area contributed by atoms with Crippen LogP contribution >= 0.6 is 0 Å². The molecule has 0 amide bonds. The van der Waals surface area contributed by atoms with E-state index in [1.165, 1.54) is 0 Å². The van der Waals surface area contributed by atoms with Crippen LogP contribution in [0.3, 0.4) is 0 Å². The summed E-state index contributed by atoms with van der Waals surface area (Å²) in [6.45, 7) is 1.45. The van der Waals surface area contributed by atoms with E-state index in [4.69, 9.17) is 10.5 Å². The zero-order chi connectivity index (χ0) is 15.0. The number of aliphatic hydroxyl groups excluding tert-OH is 1. The molecule has 1 unspecified atom stereocenters. The van der Waals surface area contributed by atoms with Crippen LogP contribution in [0, 0.1) is 0 Å². The lowest BCUT2D eigenvalue weighted by Crippen LogP contribution is -2.22. The van der Waals surface area contributed by atoms with Gasteiger partial charge in [-0.2, -0.15) is 5.10 Å². The van der Waals surface area contributed by atoms with E-state index in [2.05, 4.69) is 10.00 Å². The van der Waals surface area contributed by atoms with Crippen LogP contribution < -0.4 is 15.4 Å². The van der Waals surface area contributed by atoms with Gasteiger partial charge in [0, 0.05) is 49.2 Å². The number of aromatic nitrogens is 2. The molecule has 1 aromatic heterocycles. The van der Waals surface area contributed by atoms with Gasteiger partial charge < -0.3 is 20.5 Å². The summed E-state index contributed by atoms with van der Waals surface area (Å²) in [6, 6.07) is 3.85. The lowest BCUT2D eigenvalue weighted by atomic mass is 10.0. The Kier molecular flexibility index (Phi) is 3.47. The molecule has 1 aliphatic heterocycles. The molecule has 3 rings (SSSR count). The summed E-state index contributed by atoms with van der Waals surface area (Å²) in [5, 5.41) is 14.0. The summed E-state index contributed by atoms with van der Waals surface area (Å²) in [7, 11) is 3.49. The van der Waals surface area contributed by atoms with Gasteiger partial charge in [0.1, 0.15) is 5.75 Å². The number of anilines is 2. The average molecular weight is 288 g/mol. The number of nitrogens with zero attached hydrogens (tertiary/aromatic N) is 3. The fourth-order valence-corrected chi connectivity index (χ4v) is 2.78. The number of nitrogen functional groups attached to an aromatic ring is 1. The molecule has 2 aromatic rings. The van der Waals surface area contributed by atoms with Gasteiger partial charge in [-0.15, -0.1) is 0 Å². The van der Waals surface area contributed by atoms with Crippen LogP contribution in [0.2, 0.25) is 0 Å². The van der Waals surface area contributed by atoms with E-state index in [0.717, 1.165) is 29.8 Å². The number of aryl methyl sites for hydroxylation is 1. The number of benzene rings is 1. The molecule has 1 atom stereocenters. The second-order valence-electron chi connectivity index (χ2n) is 5.40. The number of methoxy groups -OCH3 is 1. The van der Waals surface area contributed by atoms with Gasteiger partial charge in [0.05, 0.1) is 25.1 Å². The van der Waals surface area contributed by atoms with Crippen LogP contribution in [0.5, 0.6) is 5.75 Å². The van der Waals surface area contributed by atoms with Crippen LogP contribution in [0.25, 0.3) is 11.1 Å². The van der Waals surface area contributed by atoms with Crippen LogP contribution in [-0.2, 0) is 7.05 Å². The molecule has 0 spiro atoms. The van der Waals surface area contributed by atoms with Gasteiger partial charge in [-0.3, -0.25) is 4.68 Å². The summed E-state index contributed by atoms with van der Waals surface area (Å²) in [5.41, 5.74) is 9.68. The molecule has 1 aromatic carbocycles. The van der Waals surface area contributed by atoms with Gasteiger partial charge in [-0.05, 0) is 12.5 Å². The van der Waals surface area contributed by atoms with Crippen LogP contribution in [0.15, 0.2) is 24.5 Å². The van der Waals surface area contributed by atoms with E-state index in [-0.39, 0.29) is 6.10 Å². The van der Waals surface area contributed by atoms with Crippen molar-refractivity contribution in [3.8, 4) is 16.9 Å². The van der Waals surface area contributed by atoms with Crippen molar-refractivity contribution in [1.29, 1.82) is 0 Å². The maximum atomic E-state index is 9.79. The van der Waals surface area contributed by atoms with E-state index < -0.39 is 0 Å². The number of hydrogen-bond acceptors (Lipinski definition) is 5. The molecule has 0 aliphatic carbocycles. The predicted molar refractivity (Wildman–Crippen MR) is 82.4 cm³/mol. The van der Waals surface area contributed by atoms with Crippen molar-refractivity contribution in [2.45, 2.75) is 12.5 Å². The molecule has 2 heterocycles. The molecule has 0 saturated carbocycles. The first-order chi connectivity index (χ1) is 10.1. The molecule has 6 heteroatoms. The standard InChI is InChI=1S/C15H20N4O2/c1-18-8-10(7-17-18)12-5-13(16)15(21-2)6-14(12)19-4-3-11(20)9-19/h5-8,11,20H,3-4,9,16H2,1-2H3. The van der Waals surface area contributed by atoms with Gasteiger partial charge in [0.2, 0.25) is 0 Å². The summed E-state index contributed by atoms with van der Waals surface area (Å²) >= 11 is 0. The van der Waals surface area contributed by atoms with Crippen molar-refractivity contribution in [2.24, 2.45) is 7.05 Å². The Labute approximate surface area is 123 Å². The van der Waals surface area contributed by atoms with E-state index in [0.29, 0.717) is 18.0 Å². The Hall–Kier alpha value is -2.21. The molecular formula is C15H20N4O2. The fraction of sp³-hybridized carbons (Fsp3) is 0.400. The van der Waals surface area contributed by atoms with Crippen molar-refractivity contribution < 1.29 is 9.84 Å². The maximum absolute atomic E-state index is 9.79. The van der Waals surface area contributed by atoms with Gasteiger partial charge >= 0.3 is 0 Å². The molecule has 21 heavy (non-hydrogen) atoms. The smallest absolute Gasteiger partial charge is 0.143 e. The van der Waals surface area contributed by atoms with Gasteiger partial charge in [0.25, 0.3) is 0 Å². The highest BCUT2D eigenvalue weighted by Crippen LogP contribution is 2.39. The summed E-state index contributed by atoms with van der Waals surface area (Å²) in [4.78, 5) is 2.16.